The average Bonchev–Trinajstić information content (AvgIpc) is 3.93. The van der Waals surface area contributed by atoms with Crippen LogP contribution >= 0.6 is 0 Å². The molecule has 0 aliphatic heterocycles. The van der Waals surface area contributed by atoms with Gasteiger partial charge in [0, 0.05) is 38.2 Å². The van der Waals surface area contributed by atoms with Crippen LogP contribution < -0.4 is 0 Å². The van der Waals surface area contributed by atoms with E-state index in [0.29, 0.717) is 17.5 Å². The van der Waals surface area contributed by atoms with Crippen molar-refractivity contribution in [2.75, 3.05) is 0 Å². The second-order valence-electron chi connectivity index (χ2n) is 16.4. The zero-order valence-corrected chi connectivity index (χ0v) is 34.5. The largest absolute Gasteiger partial charge is 0.454 e. The number of benzene rings is 10. The van der Waals surface area contributed by atoms with E-state index in [1.54, 1.807) is 0 Å². The molecule has 0 saturated carbocycles. The van der Waals surface area contributed by atoms with Gasteiger partial charge >= 0.3 is 0 Å². The molecule has 13 aromatic rings. The molecule has 0 amide bonds. The van der Waals surface area contributed by atoms with E-state index in [1.165, 1.54) is 32.7 Å². The van der Waals surface area contributed by atoms with Gasteiger partial charge in [-0.25, -0.2) is 15.0 Å². The lowest BCUT2D eigenvalue weighted by atomic mass is 10.0. The van der Waals surface area contributed by atoms with Crippen molar-refractivity contribution < 1.29 is 4.42 Å². The molecular weight excluding hydrogens is 781 g/mol. The zero-order chi connectivity index (χ0) is 42.1. The summed E-state index contributed by atoms with van der Waals surface area (Å²) >= 11 is 0. The third kappa shape index (κ3) is 5.83. The van der Waals surface area contributed by atoms with Crippen LogP contribution in [0.25, 0.3) is 127 Å². The van der Waals surface area contributed by atoms with Gasteiger partial charge in [-0.1, -0.05) is 176 Å². The SMILES string of the molecule is c1ccc(-c2cccc(-c3nc(-c4ccc5ccccc5c4)nc(-c4cccc5oc6c(-n7c8ccc(-c9ccccc9)cc8c8c9ccccc9ccc87)cccc6c45)n3)c2)cc1. The molecule has 5 nitrogen and oxygen atoms in total. The van der Waals surface area contributed by atoms with E-state index in [-0.39, 0.29) is 0 Å². The molecule has 0 unspecified atom stereocenters. The molecule has 5 heteroatoms. The predicted molar refractivity (Wildman–Crippen MR) is 264 cm³/mol. The van der Waals surface area contributed by atoms with Gasteiger partial charge in [-0.2, -0.15) is 0 Å². The Balaban J connectivity index is 1.04. The number of hydrogen-bond acceptors (Lipinski definition) is 4. The zero-order valence-electron chi connectivity index (χ0n) is 34.5. The maximum absolute atomic E-state index is 7.00. The molecule has 0 spiro atoms. The fourth-order valence-electron chi connectivity index (χ4n) is 9.61. The minimum atomic E-state index is 0.578. The first-order valence-electron chi connectivity index (χ1n) is 21.6. The van der Waals surface area contributed by atoms with Crippen molar-refractivity contribution in [3.63, 3.8) is 0 Å². The normalized spacial score (nSPS) is 11.8. The second-order valence-corrected chi connectivity index (χ2v) is 16.4. The molecule has 0 aliphatic rings. The quantitative estimate of drug-likeness (QED) is 0.168. The maximum atomic E-state index is 7.00. The Labute approximate surface area is 368 Å². The lowest BCUT2D eigenvalue weighted by Gasteiger charge is -2.11. The molecule has 0 bridgehead atoms. The summed E-state index contributed by atoms with van der Waals surface area (Å²) in [5.41, 5.74) is 12.0. The van der Waals surface area contributed by atoms with Crippen LogP contribution in [-0.2, 0) is 0 Å². The van der Waals surface area contributed by atoms with Crippen molar-refractivity contribution >= 4 is 65.3 Å². The molecule has 298 valence electrons. The van der Waals surface area contributed by atoms with Crippen LogP contribution in [0.3, 0.4) is 0 Å². The molecule has 0 fully saturated rings. The molecule has 0 atom stereocenters. The number of para-hydroxylation sites is 1. The first kappa shape index (κ1) is 36.0. The number of rotatable bonds is 6. The molecule has 0 N–H and O–H groups in total. The molecule has 10 aromatic carbocycles. The lowest BCUT2D eigenvalue weighted by molar-refractivity contribution is 0.666. The van der Waals surface area contributed by atoms with Gasteiger partial charge in [0.25, 0.3) is 0 Å². The van der Waals surface area contributed by atoms with Crippen molar-refractivity contribution in [1.82, 2.24) is 19.5 Å². The minimum Gasteiger partial charge on any atom is -0.454 e. The van der Waals surface area contributed by atoms with E-state index in [2.05, 4.69) is 205 Å². The minimum absolute atomic E-state index is 0.578. The highest BCUT2D eigenvalue weighted by molar-refractivity contribution is 6.23. The molecule has 13 rings (SSSR count). The monoisotopic (exact) mass is 816 g/mol. The number of hydrogen-bond donors (Lipinski definition) is 0. The van der Waals surface area contributed by atoms with Crippen LogP contribution in [0.1, 0.15) is 0 Å². The summed E-state index contributed by atoms with van der Waals surface area (Å²) in [7, 11) is 0. The molecule has 3 heterocycles. The molecule has 0 aliphatic carbocycles. The Morgan fingerprint density at radius 2 is 0.906 bits per heavy atom. The van der Waals surface area contributed by atoms with Crippen molar-refractivity contribution in [3.05, 3.63) is 218 Å². The predicted octanol–water partition coefficient (Wildman–Crippen LogP) is 15.5. The Kier molecular flexibility index (Phi) is 8.15. The number of nitrogens with zero attached hydrogens (tertiary/aromatic N) is 4. The van der Waals surface area contributed by atoms with Crippen molar-refractivity contribution in [1.29, 1.82) is 0 Å². The third-order valence-electron chi connectivity index (χ3n) is 12.6. The van der Waals surface area contributed by atoms with Crippen LogP contribution in [0, 0.1) is 0 Å². The highest BCUT2D eigenvalue weighted by Crippen LogP contribution is 2.43. The standard InChI is InChI=1S/C59H36N4O/c1-3-14-37(15-4-1)42-21-11-22-44(34-42)57-60-58(45-29-28-39-18-7-8-20-41(39)35-45)62-59(61-57)48-25-13-27-53-55(48)47-24-12-26-52(56(47)64-53)63-50-32-31-43(38-16-5-2-6-17-38)36-49(50)54-46-23-10-9-19-40(46)30-33-51(54)63/h1-36H. The van der Waals surface area contributed by atoms with E-state index < -0.39 is 0 Å². The number of furan rings is 1. The van der Waals surface area contributed by atoms with E-state index in [9.17, 15) is 0 Å². The topological polar surface area (TPSA) is 56.7 Å². The summed E-state index contributed by atoms with van der Waals surface area (Å²) in [6.45, 7) is 0. The first-order chi connectivity index (χ1) is 31.7. The van der Waals surface area contributed by atoms with Gasteiger partial charge in [-0.3, -0.25) is 0 Å². The smallest absolute Gasteiger partial charge is 0.164 e. The molecule has 64 heavy (non-hydrogen) atoms. The van der Waals surface area contributed by atoms with E-state index in [4.69, 9.17) is 19.4 Å². The van der Waals surface area contributed by atoms with Crippen LogP contribution in [0.4, 0.5) is 0 Å². The summed E-state index contributed by atoms with van der Waals surface area (Å²) in [6, 6.07) is 76.8. The van der Waals surface area contributed by atoms with Gasteiger partial charge in [0.2, 0.25) is 0 Å². The maximum Gasteiger partial charge on any atom is 0.164 e. The Bertz CT molecular complexity index is 3960. The molecule has 0 radical (unpaired) electrons. The second kappa shape index (κ2) is 14.5. The van der Waals surface area contributed by atoms with E-state index >= 15 is 0 Å². The summed E-state index contributed by atoms with van der Waals surface area (Å²) in [5.74, 6) is 1.78. The molecular formula is C59H36N4O. The Morgan fingerprint density at radius 1 is 0.328 bits per heavy atom. The fourth-order valence-corrected chi connectivity index (χ4v) is 9.61. The lowest BCUT2D eigenvalue weighted by Crippen LogP contribution is -2.00. The van der Waals surface area contributed by atoms with Crippen LogP contribution in [-0.4, -0.2) is 19.5 Å². The van der Waals surface area contributed by atoms with Crippen LogP contribution in [0.15, 0.2) is 223 Å². The highest BCUT2D eigenvalue weighted by atomic mass is 16.3. The van der Waals surface area contributed by atoms with Gasteiger partial charge in [-0.05, 0) is 86.3 Å². The Hall–Kier alpha value is -8.67. The van der Waals surface area contributed by atoms with Gasteiger partial charge in [0.15, 0.2) is 23.1 Å². The third-order valence-corrected chi connectivity index (χ3v) is 12.6. The molecule has 0 saturated heterocycles. The van der Waals surface area contributed by atoms with E-state index in [0.717, 1.165) is 77.2 Å². The average molecular weight is 817 g/mol. The van der Waals surface area contributed by atoms with Crippen molar-refractivity contribution in [2.45, 2.75) is 0 Å². The van der Waals surface area contributed by atoms with E-state index in [1.807, 2.05) is 18.2 Å². The van der Waals surface area contributed by atoms with Gasteiger partial charge in [0.1, 0.15) is 5.58 Å². The fraction of sp³-hybridized carbons (Fsp3) is 0. The van der Waals surface area contributed by atoms with Gasteiger partial charge < -0.3 is 8.98 Å². The van der Waals surface area contributed by atoms with Crippen molar-refractivity contribution in [3.8, 4) is 62.1 Å². The van der Waals surface area contributed by atoms with Gasteiger partial charge in [-0.15, -0.1) is 0 Å². The van der Waals surface area contributed by atoms with Crippen molar-refractivity contribution in [2.24, 2.45) is 0 Å². The number of aromatic nitrogens is 4. The first-order valence-corrected chi connectivity index (χ1v) is 21.6. The summed E-state index contributed by atoms with van der Waals surface area (Å²) in [6.07, 6.45) is 0. The summed E-state index contributed by atoms with van der Waals surface area (Å²) < 4.78 is 9.37. The Morgan fingerprint density at radius 3 is 1.72 bits per heavy atom. The highest BCUT2D eigenvalue weighted by Gasteiger charge is 2.23. The summed E-state index contributed by atoms with van der Waals surface area (Å²) in [5, 5.41) is 9.06. The summed E-state index contributed by atoms with van der Waals surface area (Å²) in [4.78, 5) is 15.7. The van der Waals surface area contributed by atoms with Gasteiger partial charge in [0.05, 0.1) is 16.7 Å². The molecule has 3 aromatic heterocycles. The van der Waals surface area contributed by atoms with Crippen LogP contribution in [0.5, 0.6) is 0 Å². The van der Waals surface area contributed by atoms with Crippen LogP contribution in [0.2, 0.25) is 0 Å². The number of fused-ring (bicyclic) bond motifs is 9.